The van der Waals surface area contributed by atoms with Crippen molar-refractivity contribution in [2.45, 2.75) is 57.5 Å². The highest BCUT2D eigenvalue weighted by molar-refractivity contribution is 7.92. The third kappa shape index (κ3) is 7.63. The van der Waals surface area contributed by atoms with Crippen LogP contribution in [0.3, 0.4) is 0 Å². The van der Waals surface area contributed by atoms with Gasteiger partial charge in [0, 0.05) is 13.1 Å². The Hall–Kier alpha value is -3.85. The summed E-state index contributed by atoms with van der Waals surface area (Å²) in [7, 11) is -2.53. The summed E-state index contributed by atoms with van der Waals surface area (Å²) in [6, 6.07) is 21.7. The highest BCUT2D eigenvalue weighted by atomic mass is 32.2. The van der Waals surface area contributed by atoms with Crippen LogP contribution in [-0.2, 0) is 32.6 Å². The molecular weight excluding hydrogens is 526 g/mol. The van der Waals surface area contributed by atoms with Crippen LogP contribution in [0.25, 0.3) is 0 Å². The second-order valence-electron chi connectivity index (χ2n) is 9.43. The van der Waals surface area contributed by atoms with Crippen molar-refractivity contribution in [3.8, 4) is 5.75 Å². The molecule has 0 fully saturated rings. The zero-order valence-electron chi connectivity index (χ0n) is 23.7. The molecule has 8 nitrogen and oxygen atoms in total. The molecule has 9 heteroatoms. The predicted octanol–water partition coefficient (Wildman–Crippen LogP) is 4.79. The molecule has 214 valence electrons. The van der Waals surface area contributed by atoms with Gasteiger partial charge in [0.25, 0.3) is 10.0 Å². The smallest absolute Gasteiger partial charge is 0.264 e. The van der Waals surface area contributed by atoms with Crippen LogP contribution in [0.4, 0.5) is 5.69 Å². The molecule has 3 aromatic rings. The molecule has 0 aliphatic carbocycles. The molecule has 1 atom stereocenters. The minimum Gasteiger partial charge on any atom is -0.497 e. The topological polar surface area (TPSA) is 96.0 Å². The summed E-state index contributed by atoms with van der Waals surface area (Å²) >= 11 is 0. The third-order valence-electron chi connectivity index (χ3n) is 6.66. The number of amides is 2. The number of nitrogens with zero attached hydrogens (tertiary/aromatic N) is 2. The Morgan fingerprint density at radius 2 is 1.60 bits per heavy atom. The van der Waals surface area contributed by atoms with E-state index in [9.17, 15) is 18.0 Å². The lowest BCUT2D eigenvalue weighted by Crippen LogP contribution is -2.52. The van der Waals surface area contributed by atoms with E-state index in [-0.39, 0.29) is 17.3 Å². The number of sulfonamides is 1. The van der Waals surface area contributed by atoms with Gasteiger partial charge >= 0.3 is 0 Å². The lowest BCUT2D eigenvalue weighted by atomic mass is 10.1. The van der Waals surface area contributed by atoms with Crippen molar-refractivity contribution in [3.05, 3.63) is 90.0 Å². The van der Waals surface area contributed by atoms with Crippen molar-refractivity contribution < 1.29 is 22.7 Å². The molecular formula is C31H39N3O5S. The average Bonchev–Trinajstić information content (AvgIpc) is 2.99. The van der Waals surface area contributed by atoms with E-state index in [0.29, 0.717) is 24.4 Å². The van der Waals surface area contributed by atoms with Crippen molar-refractivity contribution >= 4 is 27.5 Å². The molecule has 2 amide bonds. The summed E-state index contributed by atoms with van der Waals surface area (Å²) in [5.41, 5.74) is 2.18. The van der Waals surface area contributed by atoms with Gasteiger partial charge in [-0.15, -0.1) is 0 Å². The molecule has 0 aliphatic heterocycles. The first-order valence-electron chi connectivity index (χ1n) is 13.6. The fourth-order valence-corrected chi connectivity index (χ4v) is 5.83. The Kier molecular flexibility index (Phi) is 11.1. The summed E-state index contributed by atoms with van der Waals surface area (Å²) < 4.78 is 34.2. The van der Waals surface area contributed by atoms with Crippen LogP contribution in [0.15, 0.2) is 83.8 Å². The highest BCUT2D eigenvalue weighted by Crippen LogP contribution is 2.26. The first-order valence-corrected chi connectivity index (χ1v) is 15.1. The molecule has 0 saturated carbocycles. The fraction of sp³-hybridized carbons (Fsp3) is 0.355. The van der Waals surface area contributed by atoms with Crippen LogP contribution < -0.4 is 14.4 Å². The molecule has 0 bridgehead atoms. The summed E-state index contributed by atoms with van der Waals surface area (Å²) in [6.45, 7) is 5.93. The minimum absolute atomic E-state index is 0.0782. The second-order valence-corrected chi connectivity index (χ2v) is 11.3. The second kappa shape index (κ2) is 14.5. The van der Waals surface area contributed by atoms with Gasteiger partial charge in [0.2, 0.25) is 11.8 Å². The molecule has 3 rings (SSSR count). The van der Waals surface area contributed by atoms with Crippen molar-refractivity contribution in [1.82, 2.24) is 10.2 Å². The van der Waals surface area contributed by atoms with E-state index in [1.54, 1.807) is 49.6 Å². The van der Waals surface area contributed by atoms with Crippen LogP contribution in [0.1, 0.15) is 44.7 Å². The molecule has 0 radical (unpaired) electrons. The number of carbonyl (C=O) groups is 2. The molecule has 1 N–H and O–H groups in total. The number of rotatable bonds is 14. The standard InChI is InChI=1S/C31H39N3O5S/c1-5-20-32-31(36)29(7-3)33(22-25-12-11-13-27(21-25)39-4)30(35)23-34(26-18-16-24(6-2)17-19-26)40(37,38)28-14-9-8-10-15-28/h8-19,21,29H,5-7,20,22-23H2,1-4H3,(H,32,36)/t29-/m0/s1. The quantitative estimate of drug-likeness (QED) is 0.303. The van der Waals surface area contributed by atoms with Gasteiger partial charge in [0.05, 0.1) is 17.7 Å². The number of carbonyl (C=O) groups excluding carboxylic acids is 2. The van der Waals surface area contributed by atoms with Crippen LogP contribution in [0, 0.1) is 0 Å². The zero-order chi connectivity index (χ0) is 29.1. The highest BCUT2D eigenvalue weighted by Gasteiger charge is 2.33. The molecule has 3 aromatic carbocycles. The Bertz CT molecular complexity index is 1360. The van der Waals surface area contributed by atoms with E-state index in [1.807, 2.05) is 45.0 Å². The van der Waals surface area contributed by atoms with Crippen LogP contribution >= 0.6 is 0 Å². The van der Waals surface area contributed by atoms with Gasteiger partial charge < -0.3 is 15.0 Å². The number of methoxy groups -OCH3 is 1. The van der Waals surface area contributed by atoms with Crippen molar-refractivity contribution in [2.24, 2.45) is 0 Å². The Labute approximate surface area is 238 Å². The molecule has 0 aliphatic rings. The van der Waals surface area contributed by atoms with E-state index in [0.717, 1.165) is 28.3 Å². The molecule has 0 aromatic heterocycles. The average molecular weight is 566 g/mol. The van der Waals surface area contributed by atoms with Gasteiger partial charge in [-0.2, -0.15) is 0 Å². The van der Waals surface area contributed by atoms with E-state index >= 15 is 0 Å². The molecule has 0 unspecified atom stereocenters. The minimum atomic E-state index is -4.09. The number of nitrogens with one attached hydrogen (secondary N) is 1. The molecule has 0 heterocycles. The third-order valence-corrected chi connectivity index (χ3v) is 8.45. The molecule has 0 spiro atoms. The van der Waals surface area contributed by atoms with E-state index < -0.39 is 28.5 Å². The number of ether oxygens (including phenoxy) is 1. The normalized spacial score (nSPS) is 11.9. The maximum absolute atomic E-state index is 14.1. The largest absolute Gasteiger partial charge is 0.497 e. The Morgan fingerprint density at radius 3 is 2.20 bits per heavy atom. The van der Waals surface area contributed by atoms with Gasteiger partial charge in [0.1, 0.15) is 18.3 Å². The molecule has 0 saturated heterocycles. The maximum Gasteiger partial charge on any atom is 0.264 e. The van der Waals surface area contributed by atoms with E-state index in [1.165, 1.54) is 17.0 Å². The zero-order valence-corrected chi connectivity index (χ0v) is 24.5. The monoisotopic (exact) mass is 565 g/mol. The van der Waals surface area contributed by atoms with Gasteiger partial charge in [-0.1, -0.05) is 63.2 Å². The van der Waals surface area contributed by atoms with E-state index in [4.69, 9.17) is 4.74 Å². The van der Waals surface area contributed by atoms with Crippen molar-refractivity contribution in [2.75, 3.05) is 24.5 Å². The summed E-state index contributed by atoms with van der Waals surface area (Å²) in [4.78, 5) is 28.8. The van der Waals surface area contributed by atoms with Crippen LogP contribution in [-0.4, -0.2) is 51.4 Å². The van der Waals surface area contributed by atoms with Gasteiger partial charge in [-0.25, -0.2) is 8.42 Å². The van der Waals surface area contributed by atoms with E-state index in [2.05, 4.69) is 5.32 Å². The Balaban J connectivity index is 2.05. The fourth-order valence-electron chi connectivity index (χ4n) is 4.40. The number of aryl methyl sites for hydroxylation is 1. The predicted molar refractivity (Wildman–Crippen MR) is 158 cm³/mol. The Morgan fingerprint density at radius 1 is 0.900 bits per heavy atom. The van der Waals surface area contributed by atoms with Gasteiger partial charge in [-0.3, -0.25) is 13.9 Å². The first kappa shape index (κ1) is 30.7. The molecule has 40 heavy (non-hydrogen) atoms. The van der Waals surface area contributed by atoms with Crippen molar-refractivity contribution in [1.29, 1.82) is 0 Å². The van der Waals surface area contributed by atoms with Crippen LogP contribution in [0.2, 0.25) is 0 Å². The van der Waals surface area contributed by atoms with Crippen molar-refractivity contribution in [3.63, 3.8) is 0 Å². The lowest BCUT2D eigenvalue weighted by Gasteiger charge is -2.33. The van der Waals surface area contributed by atoms with Gasteiger partial charge in [-0.05, 0) is 66.8 Å². The van der Waals surface area contributed by atoms with Gasteiger partial charge in [0.15, 0.2) is 0 Å². The number of hydrogen-bond acceptors (Lipinski definition) is 5. The lowest BCUT2D eigenvalue weighted by molar-refractivity contribution is -0.140. The number of anilines is 1. The summed E-state index contributed by atoms with van der Waals surface area (Å²) in [5.74, 6) is -0.136. The van der Waals surface area contributed by atoms with Crippen LogP contribution in [0.5, 0.6) is 5.75 Å². The summed E-state index contributed by atoms with van der Waals surface area (Å²) in [6.07, 6.45) is 1.91. The number of benzene rings is 3. The summed E-state index contributed by atoms with van der Waals surface area (Å²) in [5, 5.41) is 2.89. The first-order chi connectivity index (χ1) is 19.2. The number of hydrogen-bond donors (Lipinski definition) is 1. The SMILES string of the molecule is CCCNC(=O)[C@H](CC)N(Cc1cccc(OC)c1)C(=O)CN(c1ccc(CC)cc1)S(=O)(=O)c1ccccc1. The maximum atomic E-state index is 14.1.